The molecular formula is C14H32N2O2. The molecule has 0 saturated heterocycles. The summed E-state index contributed by atoms with van der Waals surface area (Å²) in [5.41, 5.74) is 0. The van der Waals surface area contributed by atoms with E-state index >= 15 is 0 Å². The minimum atomic E-state index is 0.525. The van der Waals surface area contributed by atoms with E-state index in [-0.39, 0.29) is 0 Å². The first kappa shape index (κ1) is 17.8. The summed E-state index contributed by atoms with van der Waals surface area (Å²) in [6.45, 7) is 15.8. The Morgan fingerprint density at radius 2 is 1.56 bits per heavy atom. The quantitative estimate of drug-likeness (QED) is 0.512. The Bertz CT molecular complexity index is 158. The molecule has 1 N–H and O–H groups in total. The topological polar surface area (TPSA) is 33.7 Å². The predicted octanol–water partition coefficient (Wildman–Crippen LogP) is 1.75. The van der Waals surface area contributed by atoms with Gasteiger partial charge in [0.1, 0.15) is 0 Å². The monoisotopic (exact) mass is 260 g/mol. The standard InChI is InChI=1S/C14H32N2O2/c1-5-8-15-13-14(4)16(9-11-17-6-2)10-12-18-7-3/h14-15H,5-13H2,1-4H3. The molecule has 0 aromatic heterocycles. The minimum Gasteiger partial charge on any atom is -0.380 e. The zero-order valence-corrected chi connectivity index (χ0v) is 12.7. The highest BCUT2D eigenvalue weighted by atomic mass is 16.5. The van der Waals surface area contributed by atoms with Crippen molar-refractivity contribution < 1.29 is 9.47 Å². The molecule has 0 fully saturated rings. The first-order valence-electron chi connectivity index (χ1n) is 7.36. The van der Waals surface area contributed by atoms with Crippen LogP contribution in [-0.4, -0.2) is 63.5 Å². The number of nitrogens with one attached hydrogen (secondary N) is 1. The number of ether oxygens (including phenoxy) is 2. The molecule has 0 heterocycles. The van der Waals surface area contributed by atoms with Crippen molar-refractivity contribution in [1.82, 2.24) is 10.2 Å². The molecule has 0 aliphatic heterocycles. The molecular weight excluding hydrogens is 228 g/mol. The van der Waals surface area contributed by atoms with Gasteiger partial charge < -0.3 is 14.8 Å². The van der Waals surface area contributed by atoms with Gasteiger partial charge in [-0.25, -0.2) is 0 Å². The molecule has 4 heteroatoms. The van der Waals surface area contributed by atoms with Gasteiger partial charge in [-0.05, 0) is 33.7 Å². The van der Waals surface area contributed by atoms with E-state index in [1.165, 1.54) is 6.42 Å². The van der Waals surface area contributed by atoms with Crippen molar-refractivity contribution in [3.63, 3.8) is 0 Å². The number of nitrogens with zero attached hydrogens (tertiary/aromatic N) is 1. The lowest BCUT2D eigenvalue weighted by atomic mass is 10.2. The fraction of sp³-hybridized carbons (Fsp3) is 1.00. The van der Waals surface area contributed by atoms with Crippen LogP contribution in [0.4, 0.5) is 0 Å². The average molecular weight is 260 g/mol. The van der Waals surface area contributed by atoms with Crippen LogP contribution in [0.3, 0.4) is 0 Å². The molecule has 0 spiro atoms. The Morgan fingerprint density at radius 3 is 2.00 bits per heavy atom. The highest BCUT2D eigenvalue weighted by Gasteiger charge is 2.12. The van der Waals surface area contributed by atoms with E-state index in [0.717, 1.165) is 52.6 Å². The summed E-state index contributed by atoms with van der Waals surface area (Å²) in [7, 11) is 0. The summed E-state index contributed by atoms with van der Waals surface area (Å²) < 4.78 is 10.9. The van der Waals surface area contributed by atoms with Gasteiger partial charge in [0, 0.05) is 38.9 Å². The van der Waals surface area contributed by atoms with Crippen LogP contribution in [0.1, 0.15) is 34.1 Å². The van der Waals surface area contributed by atoms with Crippen molar-refractivity contribution in [3.05, 3.63) is 0 Å². The first-order chi connectivity index (χ1) is 8.76. The van der Waals surface area contributed by atoms with Crippen LogP contribution in [0.15, 0.2) is 0 Å². The molecule has 0 amide bonds. The Labute approximate surface area is 113 Å². The van der Waals surface area contributed by atoms with Crippen LogP contribution in [0, 0.1) is 0 Å². The van der Waals surface area contributed by atoms with E-state index in [9.17, 15) is 0 Å². The summed E-state index contributed by atoms with van der Waals surface area (Å²) in [6.07, 6.45) is 1.19. The van der Waals surface area contributed by atoms with Crippen molar-refractivity contribution in [2.24, 2.45) is 0 Å². The first-order valence-corrected chi connectivity index (χ1v) is 7.36. The van der Waals surface area contributed by atoms with Gasteiger partial charge in [0.2, 0.25) is 0 Å². The molecule has 0 aromatic rings. The van der Waals surface area contributed by atoms with Crippen molar-refractivity contribution >= 4 is 0 Å². The third kappa shape index (κ3) is 9.83. The molecule has 18 heavy (non-hydrogen) atoms. The van der Waals surface area contributed by atoms with Gasteiger partial charge in [-0.3, -0.25) is 4.90 Å². The van der Waals surface area contributed by atoms with Gasteiger partial charge in [0.15, 0.2) is 0 Å². The Balaban J connectivity index is 3.90. The van der Waals surface area contributed by atoms with Gasteiger partial charge in [0.25, 0.3) is 0 Å². The number of hydrogen-bond acceptors (Lipinski definition) is 4. The summed E-state index contributed by atoms with van der Waals surface area (Å²) in [6, 6.07) is 0.525. The molecule has 1 unspecified atom stereocenters. The van der Waals surface area contributed by atoms with Crippen LogP contribution in [0.5, 0.6) is 0 Å². The van der Waals surface area contributed by atoms with Gasteiger partial charge in [-0.1, -0.05) is 6.92 Å². The lowest BCUT2D eigenvalue weighted by Crippen LogP contribution is -2.43. The van der Waals surface area contributed by atoms with Crippen LogP contribution in [-0.2, 0) is 9.47 Å². The zero-order valence-electron chi connectivity index (χ0n) is 12.7. The molecule has 0 aliphatic carbocycles. The highest BCUT2D eigenvalue weighted by Crippen LogP contribution is 1.98. The van der Waals surface area contributed by atoms with Crippen molar-refractivity contribution in [1.29, 1.82) is 0 Å². The molecule has 0 saturated carbocycles. The van der Waals surface area contributed by atoms with Gasteiger partial charge in [-0.2, -0.15) is 0 Å². The van der Waals surface area contributed by atoms with Crippen LogP contribution in [0.2, 0.25) is 0 Å². The SMILES string of the molecule is CCCNCC(C)N(CCOCC)CCOCC. The second-order valence-electron chi connectivity index (χ2n) is 4.48. The van der Waals surface area contributed by atoms with Crippen molar-refractivity contribution in [3.8, 4) is 0 Å². The van der Waals surface area contributed by atoms with Crippen LogP contribution >= 0.6 is 0 Å². The summed E-state index contributed by atoms with van der Waals surface area (Å²) >= 11 is 0. The van der Waals surface area contributed by atoms with Crippen molar-refractivity contribution in [2.75, 3.05) is 52.6 Å². The smallest absolute Gasteiger partial charge is 0.0593 e. The fourth-order valence-corrected chi connectivity index (χ4v) is 1.82. The molecule has 0 aliphatic rings. The minimum absolute atomic E-state index is 0.525. The average Bonchev–Trinajstić information content (AvgIpc) is 2.37. The van der Waals surface area contributed by atoms with Gasteiger partial charge in [0.05, 0.1) is 13.2 Å². The van der Waals surface area contributed by atoms with E-state index in [4.69, 9.17) is 9.47 Å². The molecule has 4 nitrogen and oxygen atoms in total. The fourth-order valence-electron chi connectivity index (χ4n) is 1.82. The van der Waals surface area contributed by atoms with Gasteiger partial charge in [-0.15, -0.1) is 0 Å². The Kier molecular flexibility index (Phi) is 13.2. The van der Waals surface area contributed by atoms with E-state index in [2.05, 4.69) is 24.1 Å². The second kappa shape index (κ2) is 13.3. The lowest BCUT2D eigenvalue weighted by molar-refractivity contribution is 0.0662. The molecule has 0 aromatic carbocycles. The van der Waals surface area contributed by atoms with E-state index in [1.54, 1.807) is 0 Å². The van der Waals surface area contributed by atoms with E-state index in [0.29, 0.717) is 6.04 Å². The summed E-state index contributed by atoms with van der Waals surface area (Å²) in [5.74, 6) is 0. The number of rotatable bonds is 13. The normalized spacial score (nSPS) is 13.2. The predicted molar refractivity (Wildman–Crippen MR) is 77.2 cm³/mol. The van der Waals surface area contributed by atoms with E-state index in [1.807, 2.05) is 13.8 Å². The molecule has 110 valence electrons. The van der Waals surface area contributed by atoms with Crippen LogP contribution < -0.4 is 5.32 Å². The molecule has 1 atom stereocenters. The summed E-state index contributed by atoms with van der Waals surface area (Å²) in [4.78, 5) is 2.44. The molecule has 0 radical (unpaired) electrons. The lowest BCUT2D eigenvalue weighted by Gasteiger charge is -2.29. The Hall–Kier alpha value is -0.160. The zero-order chi connectivity index (χ0) is 13.6. The third-order valence-electron chi connectivity index (χ3n) is 2.94. The summed E-state index contributed by atoms with van der Waals surface area (Å²) in [5, 5.41) is 3.47. The maximum Gasteiger partial charge on any atom is 0.0593 e. The number of hydrogen-bond donors (Lipinski definition) is 1. The van der Waals surface area contributed by atoms with Gasteiger partial charge >= 0.3 is 0 Å². The highest BCUT2D eigenvalue weighted by molar-refractivity contribution is 4.69. The van der Waals surface area contributed by atoms with Crippen molar-refractivity contribution in [2.45, 2.75) is 40.2 Å². The molecule has 0 rings (SSSR count). The maximum atomic E-state index is 5.44. The largest absolute Gasteiger partial charge is 0.380 e. The molecule has 0 bridgehead atoms. The van der Waals surface area contributed by atoms with Crippen LogP contribution in [0.25, 0.3) is 0 Å². The van der Waals surface area contributed by atoms with E-state index < -0.39 is 0 Å². The third-order valence-corrected chi connectivity index (χ3v) is 2.94. The Morgan fingerprint density at radius 1 is 1.00 bits per heavy atom. The maximum absolute atomic E-state index is 5.44. The second-order valence-corrected chi connectivity index (χ2v) is 4.48.